The Balaban J connectivity index is 2.52. The van der Waals surface area contributed by atoms with E-state index in [-0.39, 0.29) is 6.61 Å². The molecular formula is C10H13BrO3. The molecule has 2 N–H and O–H groups in total. The molecule has 14 heavy (non-hydrogen) atoms. The van der Waals surface area contributed by atoms with Crippen LogP contribution in [-0.4, -0.2) is 22.9 Å². The monoisotopic (exact) mass is 260 g/mol. The number of hydrogen-bond acceptors (Lipinski definition) is 3. The molecule has 0 amide bonds. The summed E-state index contributed by atoms with van der Waals surface area (Å²) in [6.45, 7) is 1.73. The molecule has 4 heteroatoms. The van der Waals surface area contributed by atoms with Crippen molar-refractivity contribution in [2.24, 2.45) is 0 Å². The first kappa shape index (κ1) is 11.7. The number of hydrogen-bond donors (Lipinski definition) is 2. The second kappa shape index (κ2) is 5.46. The van der Waals surface area contributed by atoms with E-state index in [9.17, 15) is 5.11 Å². The highest BCUT2D eigenvalue weighted by molar-refractivity contribution is 9.10. The zero-order valence-electron chi connectivity index (χ0n) is 7.85. The Hall–Kier alpha value is -0.420. The lowest BCUT2D eigenvalue weighted by Crippen LogP contribution is -2.13. The van der Waals surface area contributed by atoms with E-state index in [4.69, 9.17) is 9.84 Å². The third kappa shape index (κ3) is 3.75. The highest BCUT2D eigenvalue weighted by Crippen LogP contribution is 2.17. The smallest absolute Gasteiger partial charge is 0.181 e. The minimum absolute atomic E-state index is 0.122. The number of aliphatic hydroxyl groups is 2. The maximum absolute atomic E-state index is 9.51. The van der Waals surface area contributed by atoms with E-state index in [1.54, 1.807) is 19.1 Å². The van der Waals surface area contributed by atoms with Gasteiger partial charge in [0.05, 0.1) is 12.7 Å². The fourth-order valence-electron chi connectivity index (χ4n) is 0.954. The second-order valence-corrected chi connectivity index (χ2v) is 4.00. The topological polar surface area (TPSA) is 49.7 Å². The first-order valence-electron chi connectivity index (χ1n) is 4.33. The van der Waals surface area contributed by atoms with Crippen molar-refractivity contribution in [1.82, 2.24) is 0 Å². The van der Waals surface area contributed by atoms with Gasteiger partial charge in [-0.05, 0) is 19.1 Å². The van der Waals surface area contributed by atoms with E-state index in [1.807, 2.05) is 12.1 Å². The van der Waals surface area contributed by atoms with Gasteiger partial charge in [0.25, 0.3) is 0 Å². The molecule has 2 unspecified atom stereocenters. The molecule has 0 saturated heterocycles. The van der Waals surface area contributed by atoms with Crippen LogP contribution in [0.5, 0.6) is 0 Å². The summed E-state index contributed by atoms with van der Waals surface area (Å²) in [5, 5.41) is 18.5. The molecule has 0 aliphatic carbocycles. The van der Waals surface area contributed by atoms with E-state index in [0.29, 0.717) is 5.56 Å². The molecule has 0 aliphatic heterocycles. The molecule has 0 aliphatic rings. The Kier molecular flexibility index (Phi) is 4.54. The average molecular weight is 261 g/mol. The third-order valence-corrected chi connectivity index (χ3v) is 2.18. The summed E-state index contributed by atoms with van der Waals surface area (Å²) < 4.78 is 5.97. The lowest BCUT2D eigenvalue weighted by Gasteiger charge is -2.13. The van der Waals surface area contributed by atoms with Gasteiger partial charge < -0.3 is 14.9 Å². The maximum atomic E-state index is 9.51. The van der Waals surface area contributed by atoms with Crippen molar-refractivity contribution in [3.8, 4) is 0 Å². The predicted octanol–water partition coefficient (Wildman–Crippen LogP) is 1.84. The lowest BCUT2D eigenvalue weighted by molar-refractivity contribution is -0.122. The minimum Gasteiger partial charge on any atom is -0.391 e. The molecule has 1 rings (SSSR count). The van der Waals surface area contributed by atoms with Crippen LogP contribution in [0.25, 0.3) is 0 Å². The van der Waals surface area contributed by atoms with Crippen LogP contribution < -0.4 is 0 Å². The zero-order chi connectivity index (χ0) is 10.6. The summed E-state index contributed by atoms with van der Waals surface area (Å²) in [4.78, 5) is 0. The van der Waals surface area contributed by atoms with Gasteiger partial charge in [0, 0.05) is 10.0 Å². The normalized spacial score (nSPS) is 15.1. The first-order chi connectivity index (χ1) is 6.59. The number of halogens is 1. The van der Waals surface area contributed by atoms with Crippen LogP contribution in [0.4, 0.5) is 0 Å². The van der Waals surface area contributed by atoms with E-state index >= 15 is 0 Å². The Morgan fingerprint density at radius 2 is 1.86 bits per heavy atom. The van der Waals surface area contributed by atoms with Crippen LogP contribution in [0.3, 0.4) is 0 Å². The second-order valence-electron chi connectivity index (χ2n) is 3.09. The number of rotatable bonds is 4. The van der Waals surface area contributed by atoms with E-state index in [1.165, 1.54) is 0 Å². The molecule has 3 nitrogen and oxygen atoms in total. The number of ether oxygens (including phenoxy) is 1. The SMILES string of the molecule is CC(O)COC(O)c1ccc(Br)cc1. The Morgan fingerprint density at radius 1 is 1.29 bits per heavy atom. The van der Waals surface area contributed by atoms with Crippen LogP contribution in [-0.2, 0) is 4.74 Å². The Labute approximate surface area is 91.5 Å². The van der Waals surface area contributed by atoms with Gasteiger partial charge in [-0.1, -0.05) is 28.1 Å². The van der Waals surface area contributed by atoms with Gasteiger partial charge in [-0.25, -0.2) is 0 Å². The molecule has 1 aromatic carbocycles. The van der Waals surface area contributed by atoms with Crippen molar-refractivity contribution in [1.29, 1.82) is 0 Å². The van der Waals surface area contributed by atoms with Crippen molar-refractivity contribution in [3.05, 3.63) is 34.3 Å². The quantitative estimate of drug-likeness (QED) is 0.813. The summed E-state index contributed by atoms with van der Waals surface area (Å²) in [5.74, 6) is 0. The summed E-state index contributed by atoms with van der Waals surface area (Å²) in [6, 6.07) is 7.17. The number of benzene rings is 1. The Morgan fingerprint density at radius 3 is 2.36 bits per heavy atom. The van der Waals surface area contributed by atoms with Crippen molar-refractivity contribution >= 4 is 15.9 Å². The fraction of sp³-hybridized carbons (Fsp3) is 0.400. The van der Waals surface area contributed by atoms with Gasteiger partial charge in [-0.3, -0.25) is 0 Å². The lowest BCUT2D eigenvalue weighted by atomic mass is 10.2. The molecule has 0 saturated carbocycles. The van der Waals surface area contributed by atoms with E-state index in [0.717, 1.165) is 4.47 Å². The van der Waals surface area contributed by atoms with Gasteiger partial charge in [-0.15, -0.1) is 0 Å². The summed E-state index contributed by atoms with van der Waals surface area (Å²) >= 11 is 3.29. The van der Waals surface area contributed by atoms with Gasteiger partial charge >= 0.3 is 0 Å². The van der Waals surface area contributed by atoms with Crippen LogP contribution in [0.15, 0.2) is 28.7 Å². The zero-order valence-corrected chi connectivity index (χ0v) is 9.44. The molecule has 78 valence electrons. The largest absolute Gasteiger partial charge is 0.391 e. The van der Waals surface area contributed by atoms with Gasteiger partial charge in [0.2, 0.25) is 0 Å². The van der Waals surface area contributed by atoms with Gasteiger partial charge in [-0.2, -0.15) is 0 Å². The summed E-state index contributed by atoms with van der Waals surface area (Å²) in [6.07, 6.45) is -1.54. The molecule has 0 heterocycles. The average Bonchev–Trinajstić information content (AvgIpc) is 2.15. The summed E-state index contributed by atoms with van der Waals surface area (Å²) in [7, 11) is 0. The maximum Gasteiger partial charge on any atom is 0.181 e. The van der Waals surface area contributed by atoms with Crippen LogP contribution in [0.2, 0.25) is 0 Å². The molecule has 0 spiro atoms. The Bertz CT molecular complexity index is 271. The van der Waals surface area contributed by atoms with E-state index < -0.39 is 12.4 Å². The molecule has 1 aromatic rings. The first-order valence-corrected chi connectivity index (χ1v) is 5.12. The molecule has 0 bridgehead atoms. The highest BCUT2D eigenvalue weighted by atomic mass is 79.9. The number of aliphatic hydroxyl groups excluding tert-OH is 2. The minimum atomic E-state index is -0.974. The van der Waals surface area contributed by atoms with Crippen molar-refractivity contribution in [2.45, 2.75) is 19.3 Å². The van der Waals surface area contributed by atoms with Crippen molar-refractivity contribution < 1.29 is 14.9 Å². The van der Waals surface area contributed by atoms with Crippen LogP contribution in [0.1, 0.15) is 18.8 Å². The van der Waals surface area contributed by atoms with Gasteiger partial charge in [0.1, 0.15) is 0 Å². The summed E-state index contributed by atoms with van der Waals surface area (Å²) in [5.41, 5.74) is 0.675. The fourth-order valence-corrected chi connectivity index (χ4v) is 1.22. The third-order valence-electron chi connectivity index (χ3n) is 1.65. The standard InChI is InChI=1S/C10H13BrO3/c1-7(12)6-14-10(13)8-2-4-9(11)5-3-8/h2-5,7,10,12-13H,6H2,1H3. The van der Waals surface area contributed by atoms with Crippen molar-refractivity contribution in [2.75, 3.05) is 6.61 Å². The molecule has 0 fully saturated rings. The molecular weight excluding hydrogens is 248 g/mol. The molecule has 2 atom stereocenters. The molecule has 0 radical (unpaired) electrons. The molecule has 0 aromatic heterocycles. The van der Waals surface area contributed by atoms with Crippen LogP contribution >= 0.6 is 15.9 Å². The van der Waals surface area contributed by atoms with Gasteiger partial charge in [0.15, 0.2) is 6.29 Å². The predicted molar refractivity (Wildman–Crippen MR) is 56.7 cm³/mol. The van der Waals surface area contributed by atoms with Crippen molar-refractivity contribution in [3.63, 3.8) is 0 Å². The van der Waals surface area contributed by atoms with Crippen LogP contribution in [0, 0.1) is 0 Å². The van der Waals surface area contributed by atoms with E-state index in [2.05, 4.69) is 15.9 Å². The highest BCUT2D eigenvalue weighted by Gasteiger charge is 2.08.